The molecule has 0 radical (unpaired) electrons. The summed E-state index contributed by atoms with van der Waals surface area (Å²) >= 11 is 0. The van der Waals surface area contributed by atoms with E-state index in [2.05, 4.69) is 26.2 Å². The summed E-state index contributed by atoms with van der Waals surface area (Å²) in [7, 11) is 5.30. The van der Waals surface area contributed by atoms with Crippen molar-refractivity contribution < 1.29 is 22.3 Å². The van der Waals surface area contributed by atoms with Gasteiger partial charge in [-0.05, 0) is 51.0 Å². The number of halogens is 4. The van der Waals surface area contributed by atoms with Crippen LogP contribution < -0.4 is 21.3 Å². The first-order valence-corrected chi connectivity index (χ1v) is 13.6. The highest BCUT2D eigenvalue weighted by Gasteiger charge is 2.51. The van der Waals surface area contributed by atoms with Crippen LogP contribution in [-0.4, -0.2) is 117 Å². The van der Waals surface area contributed by atoms with E-state index in [1.165, 1.54) is 0 Å². The van der Waals surface area contributed by atoms with Crippen LogP contribution in [0.25, 0.3) is 0 Å². The standard InChI is InChI=1S/C24H42F4N8O/c1-34-12-17(24(26,27)28)32-20(34)14-6-4-13(5-7-14)11-36-21-16(35(2)23(36)29)10-31-19(33-21)18-15(25)8-9-30-22(18)37-3/h13-22,29-33H,4-12H2,1-3H3. The van der Waals surface area contributed by atoms with Crippen LogP contribution in [0.3, 0.4) is 0 Å². The zero-order valence-corrected chi connectivity index (χ0v) is 21.9. The number of ether oxygens (including phenoxy) is 1. The first-order valence-electron chi connectivity index (χ1n) is 13.6. The zero-order chi connectivity index (χ0) is 26.5. The number of hydrogen-bond acceptors (Lipinski definition) is 7. The molecule has 5 rings (SSSR count). The summed E-state index contributed by atoms with van der Waals surface area (Å²) < 4.78 is 60.2. The molecular weight excluding hydrogens is 492 g/mol. The Morgan fingerprint density at radius 1 is 1.03 bits per heavy atom. The predicted octanol–water partition coefficient (Wildman–Crippen LogP) is 0.901. The Labute approximate surface area is 216 Å². The van der Waals surface area contributed by atoms with Crippen LogP contribution in [-0.2, 0) is 4.74 Å². The van der Waals surface area contributed by atoms with E-state index in [1.54, 1.807) is 14.2 Å². The van der Waals surface area contributed by atoms with Crippen molar-refractivity contribution in [3.05, 3.63) is 0 Å². The summed E-state index contributed by atoms with van der Waals surface area (Å²) in [5.74, 6) is 0.628. The maximum absolute atomic E-state index is 15.0. The number of nitrogens with zero attached hydrogens (tertiary/aromatic N) is 3. The third kappa shape index (κ3) is 5.31. The van der Waals surface area contributed by atoms with Crippen LogP contribution in [0, 0.1) is 23.2 Å². The average Bonchev–Trinajstić information content (AvgIpc) is 3.38. The highest BCUT2D eigenvalue weighted by Crippen LogP contribution is 2.37. The minimum absolute atomic E-state index is 0.00447. The smallest absolute Gasteiger partial charge is 0.366 e. The molecule has 5 fully saturated rings. The molecule has 212 valence electrons. The number of guanidine groups is 1. The topological polar surface area (TPSA) is 90.9 Å². The molecule has 5 N–H and O–H groups in total. The van der Waals surface area contributed by atoms with Gasteiger partial charge in [0, 0.05) is 40.3 Å². The fourth-order valence-electron chi connectivity index (χ4n) is 7.25. The van der Waals surface area contributed by atoms with Crippen LogP contribution in [0.5, 0.6) is 0 Å². The zero-order valence-electron chi connectivity index (χ0n) is 21.9. The number of fused-ring (bicyclic) bond motifs is 1. The van der Waals surface area contributed by atoms with Crippen LogP contribution in [0.2, 0.25) is 0 Å². The van der Waals surface area contributed by atoms with Gasteiger partial charge in [0.15, 0.2) is 5.96 Å². The Morgan fingerprint density at radius 2 is 1.76 bits per heavy atom. The van der Waals surface area contributed by atoms with E-state index in [4.69, 9.17) is 10.1 Å². The summed E-state index contributed by atoms with van der Waals surface area (Å²) in [5.41, 5.74) is 0. The second kappa shape index (κ2) is 10.7. The van der Waals surface area contributed by atoms with Gasteiger partial charge in [0.25, 0.3) is 0 Å². The van der Waals surface area contributed by atoms with Gasteiger partial charge in [-0.15, -0.1) is 0 Å². The van der Waals surface area contributed by atoms with Crippen molar-refractivity contribution in [1.29, 1.82) is 5.41 Å². The Hall–Kier alpha value is -1.25. The Morgan fingerprint density at radius 3 is 2.41 bits per heavy atom. The molecule has 0 bridgehead atoms. The Kier molecular flexibility index (Phi) is 7.92. The molecule has 4 heterocycles. The van der Waals surface area contributed by atoms with Gasteiger partial charge in [-0.1, -0.05) is 0 Å². The minimum Gasteiger partial charge on any atom is -0.366 e. The molecule has 8 atom stereocenters. The monoisotopic (exact) mass is 534 g/mol. The lowest BCUT2D eigenvalue weighted by molar-refractivity contribution is -0.150. The van der Waals surface area contributed by atoms with Gasteiger partial charge in [-0.2, -0.15) is 13.2 Å². The molecule has 0 spiro atoms. The van der Waals surface area contributed by atoms with Crippen molar-refractivity contribution in [1.82, 2.24) is 36.0 Å². The van der Waals surface area contributed by atoms with E-state index >= 15 is 0 Å². The first kappa shape index (κ1) is 27.3. The van der Waals surface area contributed by atoms with Crippen LogP contribution in [0.1, 0.15) is 32.1 Å². The first-order chi connectivity index (χ1) is 17.6. The van der Waals surface area contributed by atoms with E-state index < -0.39 is 18.4 Å². The maximum atomic E-state index is 15.0. The van der Waals surface area contributed by atoms with Gasteiger partial charge in [0.2, 0.25) is 0 Å². The summed E-state index contributed by atoms with van der Waals surface area (Å²) in [5, 5.41) is 21.9. The van der Waals surface area contributed by atoms with Crippen molar-refractivity contribution in [3.8, 4) is 0 Å². The van der Waals surface area contributed by atoms with Crippen molar-refractivity contribution >= 4 is 5.96 Å². The van der Waals surface area contributed by atoms with Gasteiger partial charge >= 0.3 is 6.18 Å². The molecule has 1 aliphatic carbocycles. The summed E-state index contributed by atoms with van der Waals surface area (Å²) in [6, 6.07) is -1.40. The molecule has 4 saturated heterocycles. The molecule has 13 heteroatoms. The molecule has 5 aliphatic rings. The van der Waals surface area contributed by atoms with Gasteiger partial charge in [0.05, 0.1) is 24.3 Å². The van der Waals surface area contributed by atoms with Crippen LogP contribution >= 0.6 is 0 Å². The fourth-order valence-corrected chi connectivity index (χ4v) is 7.25. The van der Waals surface area contributed by atoms with E-state index in [0.29, 0.717) is 37.9 Å². The lowest BCUT2D eigenvalue weighted by Gasteiger charge is -2.46. The van der Waals surface area contributed by atoms with Gasteiger partial charge in [-0.25, -0.2) is 4.39 Å². The molecular formula is C24H42F4N8O. The van der Waals surface area contributed by atoms with Crippen molar-refractivity contribution in [2.75, 3.05) is 47.4 Å². The van der Waals surface area contributed by atoms with Crippen LogP contribution in [0.4, 0.5) is 17.6 Å². The highest BCUT2D eigenvalue weighted by molar-refractivity contribution is 5.80. The molecule has 0 aromatic rings. The average molecular weight is 535 g/mol. The van der Waals surface area contributed by atoms with Gasteiger partial charge in [0.1, 0.15) is 24.6 Å². The van der Waals surface area contributed by atoms with E-state index in [1.807, 2.05) is 16.8 Å². The maximum Gasteiger partial charge on any atom is 0.405 e. The summed E-state index contributed by atoms with van der Waals surface area (Å²) in [6.45, 7) is 1.94. The second-order valence-electron chi connectivity index (χ2n) is 11.6. The number of rotatable bonds is 5. The van der Waals surface area contributed by atoms with Gasteiger partial charge in [-0.3, -0.25) is 31.6 Å². The molecule has 8 unspecified atom stereocenters. The number of alkyl halides is 4. The Bertz CT molecular complexity index is 812. The number of nitrogens with one attached hydrogen (secondary N) is 5. The molecule has 0 aromatic heterocycles. The van der Waals surface area contributed by atoms with Crippen LogP contribution in [0.15, 0.2) is 0 Å². The largest absolute Gasteiger partial charge is 0.405 e. The van der Waals surface area contributed by atoms with E-state index in [-0.39, 0.29) is 49.1 Å². The van der Waals surface area contributed by atoms with E-state index in [0.717, 1.165) is 25.7 Å². The molecule has 0 amide bonds. The lowest BCUT2D eigenvalue weighted by Crippen LogP contribution is -2.70. The molecule has 37 heavy (non-hydrogen) atoms. The van der Waals surface area contributed by atoms with Crippen molar-refractivity contribution in [2.45, 2.75) is 81.3 Å². The van der Waals surface area contributed by atoms with Gasteiger partial charge < -0.3 is 14.5 Å². The highest BCUT2D eigenvalue weighted by atomic mass is 19.4. The minimum atomic E-state index is -4.22. The second-order valence-corrected chi connectivity index (χ2v) is 11.6. The number of likely N-dealkylation sites (N-methyl/N-ethyl adjacent to an activating group) is 2. The number of piperidine rings is 1. The molecule has 4 aliphatic heterocycles. The SMILES string of the molecule is COC1NCCC(F)C1C1NCC2C(N1)N(CC1CCC(C3NC(C(F)(F)F)CN3C)CC1)C(=N)N2C. The third-order valence-corrected chi connectivity index (χ3v) is 9.38. The molecule has 9 nitrogen and oxygen atoms in total. The van der Waals surface area contributed by atoms with E-state index in [9.17, 15) is 17.6 Å². The van der Waals surface area contributed by atoms with Crippen molar-refractivity contribution in [3.63, 3.8) is 0 Å². The molecule has 1 saturated carbocycles. The number of hydrogen-bond donors (Lipinski definition) is 5. The quantitative estimate of drug-likeness (QED) is 0.333. The van der Waals surface area contributed by atoms with Crippen molar-refractivity contribution in [2.24, 2.45) is 17.8 Å². The summed E-state index contributed by atoms with van der Waals surface area (Å²) in [6.07, 6.45) is -2.21. The molecule has 0 aromatic carbocycles. The Balaban J connectivity index is 1.19. The number of methoxy groups -OCH3 is 1. The predicted molar refractivity (Wildman–Crippen MR) is 131 cm³/mol. The summed E-state index contributed by atoms with van der Waals surface area (Å²) in [4.78, 5) is 5.89. The fraction of sp³-hybridized carbons (Fsp3) is 0.958. The normalized spacial score (nSPS) is 43.9. The third-order valence-electron chi connectivity index (χ3n) is 9.38. The lowest BCUT2D eigenvalue weighted by atomic mass is 9.80.